The van der Waals surface area contributed by atoms with E-state index in [4.69, 9.17) is 9.47 Å². The number of halogens is 1. The minimum Gasteiger partial charge on any atom is -0.484 e. The van der Waals surface area contributed by atoms with Crippen molar-refractivity contribution < 1.29 is 18.7 Å². The highest BCUT2D eigenvalue weighted by Crippen LogP contribution is 2.14. The lowest BCUT2D eigenvalue weighted by atomic mass is 10.2. The maximum atomic E-state index is 12.9. The Bertz CT molecular complexity index is 739. The monoisotopic (exact) mass is 356 g/mol. The standard InChI is InChI=1S/C20H21FN2O3/c21-16-5-7-17(8-6-16)22-12-15-3-9-18(10-4-15)26-14-20(24)23-13-19-2-1-11-25-19/h3-10,12,19H,1-2,11,13-14H2,(H,23,24)/t19-/m0/s1. The van der Waals surface area contributed by atoms with Gasteiger partial charge in [-0.3, -0.25) is 9.79 Å². The van der Waals surface area contributed by atoms with E-state index in [0.717, 1.165) is 25.0 Å². The molecule has 6 heteroatoms. The molecular weight excluding hydrogens is 335 g/mol. The zero-order valence-corrected chi connectivity index (χ0v) is 14.4. The number of amides is 1. The lowest BCUT2D eigenvalue weighted by Gasteiger charge is -2.11. The minimum absolute atomic E-state index is 0.0320. The summed E-state index contributed by atoms with van der Waals surface area (Å²) in [6, 6.07) is 13.2. The summed E-state index contributed by atoms with van der Waals surface area (Å²) in [5.74, 6) is 0.156. The first-order chi connectivity index (χ1) is 12.7. The van der Waals surface area contributed by atoms with Crippen LogP contribution in [0.25, 0.3) is 0 Å². The Morgan fingerprint density at radius 3 is 2.69 bits per heavy atom. The molecule has 26 heavy (non-hydrogen) atoms. The molecule has 0 unspecified atom stereocenters. The van der Waals surface area contributed by atoms with Crippen LogP contribution in [0.15, 0.2) is 53.5 Å². The molecule has 1 atom stereocenters. The van der Waals surface area contributed by atoms with Crippen molar-refractivity contribution in [2.75, 3.05) is 19.8 Å². The summed E-state index contributed by atoms with van der Waals surface area (Å²) >= 11 is 0. The quantitative estimate of drug-likeness (QED) is 0.775. The first kappa shape index (κ1) is 18.1. The van der Waals surface area contributed by atoms with Crippen LogP contribution in [-0.2, 0) is 9.53 Å². The molecule has 136 valence electrons. The average Bonchev–Trinajstić information content (AvgIpc) is 3.19. The van der Waals surface area contributed by atoms with Crippen molar-refractivity contribution >= 4 is 17.8 Å². The lowest BCUT2D eigenvalue weighted by Crippen LogP contribution is -2.35. The largest absolute Gasteiger partial charge is 0.484 e. The summed E-state index contributed by atoms with van der Waals surface area (Å²) in [4.78, 5) is 16.1. The number of hydrogen-bond acceptors (Lipinski definition) is 4. The third-order valence-electron chi connectivity index (χ3n) is 3.99. The molecule has 5 nitrogen and oxygen atoms in total. The molecular formula is C20H21FN2O3. The van der Waals surface area contributed by atoms with E-state index in [1.165, 1.54) is 12.1 Å². The molecule has 1 fully saturated rings. The van der Waals surface area contributed by atoms with Gasteiger partial charge in [-0.25, -0.2) is 4.39 Å². The molecule has 0 saturated carbocycles. The summed E-state index contributed by atoms with van der Waals surface area (Å²) < 4.78 is 23.8. The summed E-state index contributed by atoms with van der Waals surface area (Å²) in [5.41, 5.74) is 1.55. The van der Waals surface area contributed by atoms with Gasteiger partial charge in [0.1, 0.15) is 11.6 Å². The van der Waals surface area contributed by atoms with Gasteiger partial charge in [-0.2, -0.15) is 0 Å². The van der Waals surface area contributed by atoms with Crippen LogP contribution in [0.1, 0.15) is 18.4 Å². The number of ether oxygens (including phenoxy) is 2. The third kappa shape index (κ3) is 5.67. The van der Waals surface area contributed by atoms with Crippen molar-refractivity contribution in [1.29, 1.82) is 0 Å². The summed E-state index contributed by atoms with van der Waals surface area (Å²) in [6.45, 7) is 1.27. The zero-order valence-electron chi connectivity index (χ0n) is 14.4. The number of carbonyl (C=O) groups excluding carboxylic acids is 1. The molecule has 0 radical (unpaired) electrons. The maximum Gasteiger partial charge on any atom is 0.258 e. The van der Waals surface area contributed by atoms with Crippen molar-refractivity contribution in [1.82, 2.24) is 5.32 Å². The number of carbonyl (C=O) groups is 1. The first-order valence-electron chi connectivity index (χ1n) is 8.60. The van der Waals surface area contributed by atoms with E-state index in [1.54, 1.807) is 30.5 Å². The zero-order chi connectivity index (χ0) is 18.2. The third-order valence-corrected chi connectivity index (χ3v) is 3.99. The second kappa shape index (κ2) is 9.10. The molecule has 1 saturated heterocycles. The Labute approximate surface area is 151 Å². The van der Waals surface area contributed by atoms with Gasteiger partial charge in [0, 0.05) is 19.4 Å². The van der Waals surface area contributed by atoms with Crippen molar-refractivity contribution in [3.8, 4) is 5.75 Å². The van der Waals surface area contributed by atoms with E-state index in [-0.39, 0.29) is 24.4 Å². The van der Waals surface area contributed by atoms with E-state index in [2.05, 4.69) is 10.3 Å². The molecule has 1 heterocycles. The normalized spacial score (nSPS) is 16.7. The van der Waals surface area contributed by atoms with Crippen molar-refractivity contribution in [3.05, 3.63) is 59.9 Å². The SMILES string of the molecule is O=C(COc1ccc(C=Nc2ccc(F)cc2)cc1)NC[C@@H]1CCCO1. The smallest absolute Gasteiger partial charge is 0.258 e. The minimum atomic E-state index is -0.287. The number of benzene rings is 2. The van der Waals surface area contributed by atoms with Gasteiger partial charge in [0.25, 0.3) is 5.91 Å². The molecule has 1 aliphatic heterocycles. The van der Waals surface area contributed by atoms with Gasteiger partial charge in [-0.15, -0.1) is 0 Å². The second-order valence-electron chi connectivity index (χ2n) is 6.03. The molecule has 0 aromatic heterocycles. The lowest BCUT2D eigenvalue weighted by molar-refractivity contribution is -0.123. The molecule has 2 aromatic rings. The van der Waals surface area contributed by atoms with E-state index in [1.807, 2.05) is 12.1 Å². The Morgan fingerprint density at radius 1 is 1.23 bits per heavy atom. The summed E-state index contributed by atoms with van der Waals surface area (Å²) in [6.07, 6.45) is 3.85. The maximum absolute atomic E-state index is 12.9. The summed E-state index contributed by atoms with van der Waals surface area (Å²) in [7, 11) is 0. The van der Waals surface area contributed by atoms with Crippen LogP contribution in [0.2, 0.25) is 0 Å². The molecule has 1 aliphatic rings. The van der Waals surface area contributed by atoms with E-state index < -0.39 is 0 Å². The molecule has 2 aromatic carbocycles. The highest BCUT2D eigenvalue weighted by molar-refractivity contribution is 5.82. The molecule has 0 spiro atoms. The predicted octanol–water partition coefficient (Wildman–Crippen LogP) is 3.25. The van der Waals surface area contributed by atoms with Crippen LogP contribution in [0.5, 0.6) is 5.75 Å². The van der Waals surface area contributed by atoms with Gasteiger partial charge in [0.2, 0.25) is 0 Å². The van der Waals surface area contributed by atoms with Gasteiger partial charge in [0.15, 0.2) is 6.61 Å². The van der Waals surface area contributed by atoms with Gasteiger partial charge >= 0.3 is 0 Å². The molecule has 1 N–H and O–H groups in total. The first-order valence-corrected chi connectivity index (χ1v) is 8.60. The fraction of sp³-hybridized carbons (Fsp3) is 0.300. The Hall–Kier alpha value is -2.73. The topological polar surface area (TPSA) is 59.9 Å². The van der Waals surface area contributed by atoms with Crippen molar-refractivity contribution in [2.24, 2.45) is 4.99 Å². The number of nitrogens with zero attached hydrogens (tertiary/aromatic N) is 1. The molecule has 1 amide bonds. The number of nitrogens with one attached hydrogen (secondary N) is 1. The van der Waals surface area contributed by atoms with Crippen LogP contribution in [0, 0.1) is 5.82 Å². The van der Waals surface area contributed by atoms with Gasteiger partial charge in [-0.05, 0) is 66.9 Å². The van der Waals surface area contributed by atoms with Crippen molar-refractivity contribution in [3.63, 3.8) is 0 Å². The second-order valence-corrected chi connectivity index (χ2v) is 6.03. The Kier molecular flexibility index (Phi) is 6.33. The fourth-order valence-corrected chi connectivity index (χ4v) is 2.56. The van der Waals surface area contributed by atoms with Gasteiger partial charge in [-0.1, -0.05) is 0 Å². The van der Waals surface area contributed by atoms with E-state index in [9.17, 15) is 9.18 Å². The molecule has 0 bridgehead atoms. The van der Waals surface area contributed by atoms with Gasteiger partial charge in [0.05, 0.1) is 11.8 Å². The molecule has 3 rings (SSSR count). The van der Waals surface area contributed by atoms with Crippen LogP contribution in [-0.4, -0.2) is 38.0 Å². The van der Waals surface area contributed by atoms with E-state index >= 15 is 0 Å². The predicted molar refractivity (Wildman–Crippen MR) is 97.6 cm³/mol. The van der Waals surface area contributed by atoms with Crippen LogP contribution in [0.3, 0.4) is 0 Å². The average molecular weight is 356 g/mol. The number of hydrogen-bond donors (Lipinski definition) is 1. The van der Waals surface area contributed by atoms with Gasteiger partial charge < -0.3 is 14.8 Å². The van der Waals surface area contributed by atoms with Crippen LogP contribution >= 0.6 is 0 Å². The highest BCUT2D eigenvalue weighted by Gasteiger charge is 2.16. The fourth-order valence-electron chi connectivity index (χ4n) is 2.56. The summed E-state index contributed by atoms with van der Waals surface area (Å²) in [5, 5.41) is 2.81. The highest BCUT2D eigenvalue weighted by atomic mass is 19.1. The van der Waals surface area contributed by atoms with E-state index in [0.29, 0.717) is 18.0 Å². The number of rotatable bonds is 7. The Balaban J connectivity index is 1.43. The molecule has 0 aliphatic carbocycles. The van der Waals surface area contributed by atoms with Crippen molar-refractivity contribution in [2.45, 2.75) is 18.9 Å². The van der Waals surface area contributed by atoms with Crippen LogP contribution < -0.4 is 10.1 Å². The number of aliphatic imine (C=N–C) groups is 1. The Morgan fingerprint density at radius 2 is 2.00 bits per heavy atom. The van der Waals surface area contributed by atoms with Crippen LogP contribution in [0.4, 0.5) is 10.1 Å².